The highest BCUT2D eigenvalue weighted by molar-refractivity contribution is 9.10. The first-order valence-corrected chi connectivity index (χ1v) is 7.74. The molecule has 0 unspecified atom stereocenters. The molecule has 1 amide bonds. The molecule has 6 nitrogen and oxygen atoms in total. The zero-order valence-electron chi connectivity index (χ0n) is 10.7. The van der Waals surface area contributed by atoms with E-state index in [0.717, 1.165) is 10.0 Å². The lowest BCUT2D eigenvalue weighted by molar-refractivity contribution is 0.121. The number of nitrogens with one attached hydrogen (secondary N) is 2. The average molecular weight is 351 g/mol. The molecule has 0 heterocycles. The molecule has 0 bridgehead atoms. The Morgan fingerprint density at radius 2 is 2.00 bits per heavy atom. The molecule has 0 fully saturated rings. The summed E-state index contributed by atoms with van der Waals surface area (Å²) in [6.45, 7) is 4.99. The highest BCUT2D eigenvalue weighted by Crippen LogP contribution is 2.21. The molecular weight excluding hydrogens is 336 g/mol. The SMILES string of the molecule is Cc1ccc(Br)cc1NS(=O)(=O)NC(=O)OC(C)C. The van der Waals surface area contributed by atoms with Gasteiger partial charge in [0.25, 0.3) is 0 Å². The summed E-state index contributed by atoms with van der Waals surface area (Å²) in [7, 11) is -4.01. The Morgan fingerprint density at radius 3 is 2.58 bits per heavy atom. The summed E-state index contributed by atoms with van der Waals surface area (Å²) in [6.07, 6.45) is -1.42. The minimum absolute atomic E-state index is 0.374. The fourth-order valence-corrected chi connectivity index (χ4v) is 2.41. The summed E-state index contributed by atoms with van der Waals surface area (Å²) in [4.78, 5) is 11.2. The van der Waals surface area contributed by atoms with Crippen molar-refractivity contribution in [1.82, 2.24) is 4.72 Å². The molecule has 1 aromatic carbocycles. The Labute approximate surface area is 120 Å². The predicted octanol–water partition coefficient (Wildman–Crippen LogP) is 2.55. The van der Waals surface area contributed by atoms with Crippen molar-refractivity contribution in [2.24, 2.45) is 0 Å². The molecule has 0 radical (unpaired) electrons. The molecular formula is C11H15BrN2O4S. The van der Waals surface area contributed by atoms with Gasteiger partial charge in [0.2, 0.25) is 0 Å². The summed E-state index contributed by atoms with van der Waals surface area (Å²) >= 11 is 3.24. The van der Waals surface area contributed by atoms with E-state index in [0.29, 0.717) is 5.69 Å². The summed E-state index contributed by atoms with van der Waals surface area (Å²) in [6, 6.07) is 5.13. The number of carbonyl (C=O) groups is 1. The van der Waals surface area contributed by atoms with E-state index in [9.17, 15) is 13.2 Å². The molecule has 0 aliphatic carbocycles. The number of hydrogen-bond donors (Lipinski definition) is 2. The van der Waals surface area contributed by atoms with E-state index < -0.39 is 22.4 Å². The second kappa shape index (κ2) is 6.25. The molecule has 1 aromatic rings. The largest absolute Gasteiger partial charge is 0.446 e. The van der Waals surface area contributed by atoms with Crippen LogP contribution in [0, 0.1) is 6.92 Å². The smallest absolute Gasteiger partial charge is 0.422 e. The van der Waals surface area contributed by atoms with Crippen LogP contribution in [0.2, 0.25) is 0 Å². The summed E-state index contributed by atoms with van der Waals surface area (Å²) in [5.74, 6) is 0. The van der Waals surface area contributed by atoms with E-state index in [1.165, 1.54) is 0 Å². The molecule has 2 N–H and O–H groups in total. The fourth-order valence-electron chi connectivity index (χ4n) is 1.22. The molecule has 0 saturated heterocycles. The number of anilines is 1. The molecule has 0 aliphatic rings. The fraction of sp³-hybridized carbons (Fsp3) is 0.364. The van der Waals surface area contributed by atoms with Crippen LogP contribution in [0.25, 0.3) is 0 Å². The highest BCUT2D eigenvalue weighted by Gasteiger charge is 2.17. The zero-order chi connectivity index (χ0) is 14.6. The van der Waals surface area contributed by atoms with E-state index in [2.05, 4.69) is 20.7 Å². The normalized spacial score (nSPS) is 11.2. The maximum atomic E-state index is 11.7. The van der Waals surface area contributed by atoms with Crippen molar-refractivity contribution in [3.8, 4) is 0 Å². The number of aryl methyl sites for hydroxylation is 1. The molecule has 0 saturated carbocycles. The summed E-state index contributed by atoms with van der Waals surface area (Å²) in [5, 5.41) is 0. The number of hydrogen-bond acceptors (Lipinski definition) is 4. The van der Waals surface area contributed by atoms with Crippen LogP contribution in [-0.4, -0.2) is 20.6 Å². The third-order valence-corrected chi connectivity index (χ3v) is 3.42. The Kier molecular flexibility index (Phi) is 5.19. The van der Waals surface area contributed by atoms with Crippen LogP contribution in [0.4, 0.5) is 10.5 Å². The van der Waals surface area contributed by atoms with Crippen LogP contribution in [0.15, 0.2) is 22.7 Å². The molecule has 0 aliphatic heterocycles. The summed E-state index contributed by atoms with van der Waals surface area (Å²) in [5.41, 5.74) is 1.10. The van der Waals surface area contributed by atoms with Crippen molar-refractivity contribution in [3.63, 3.8) is 0 Å². The van der Waals surface area contributed by atoms with Gasteiger partial charge in [0.1, 0.15) is 0 Å². The van der Waals surface area contributed by atoms with E-state index in [1.807, 2.05) is 0 Å². The minimum Gasteiger partial charge on any atom is -0.446 e. The van der Waals surface area contributed by atoms with Gasteiger partial charge in [0.15, 0.2) is 0 Å². The van der Waals surface area contributed by atoms with Crippen molar-refractivity contribution in [2.45, 2.75) is 26.9 Å². The van der Waals surface area contributed by atoms with Gasteiger partial charge in [-0.05, 0) is 38.5 Å². The topological polar surface area (TPSA) is 84.5 Å². The monoisotopic (exact) mass is 350 g/mol. The lowest BCUT2D eigenvalue weighted by Crippen LogP contribution is -2.36. The zero-order valence-corrected chi connectivity index (χ0v) is 13.1. The number of amides is 1. The van der Waals surface area contributed by atoms with Gasteiger partial charge in [0, 0.05) is 4.47 Å². The lowest BCUT2D eigenvalue weighted by atomic mass is 10.2. The first-order chi connectivity index (χ1) is 8.69. The van der Waals surface area contributed by atoms with Crippen molar-refractivity contribution in [3.05, 3.63) is 28.2 Å². The quantitative estimate of drug-likeness (QED) is 0.873. The van der Waals surface area contributed by atoms with Gasteiger partial charge in [-0.3, -0.25) is 4.72 Å². The number of benzene rings is 1. The van der Waals surface area contributed by atoms with Crippen molar-refractivity contribution >= 4 is 37.9 Å². The van der Waals surface area contributed by atoms with Crippen molar-refractivity contribution < 1.29 is 17.9 Å². The van der Waals surface area contributed by atoms with Gasteiger partial charge in [-0.1, -0.05) is 22.0 Å². The molecule has 19 heavy (non-hydrogen) atoms. The second-order valence-corrected chi connectivity index (χ2v) is 6.45. The van der Waals surface area contributed by atoms with E-state index in [-0.39, 0.29) is 0 Å². The highest BCUT2D eigenvalue weighted by atomic mass is 79.9. The van der Waals surface area contributed by atoms with Gasteiger partial charge in [-0.15, -0.1) is 0 Å². The molecule has 8 heteroatoms. The van der Waals surface area contributed by atoms with Gasteiger partial charge in [0.05, 0.1) is 11.8 Å². The second-order valence-electron chi connectivity index (χ2n) is 4.12. The maximum Gasteiger partial charge on any atom is 0.422 e. The van der Waals surface area contributed by atoms with Crippen LogP contribution in [0.3, 0.4) is 0 Å². The lowest BCUT2D eigenvalue weighted by Gasteiger charge is -2.13. The third kappa shape index (κ3) is 5.48. The molecule has 0 spiro atoms. The van der Waals surface area contributed by atoms with Gasteiger partial charge >= 0.3 is 16.3 Å². The Morgan fingerprint density at radius 1 is 1.37 bits per heavy atom. The number of ether oxygens (including phenoxy) is 1. The van der Waals surface area contributed by atoms with Crippen LogP contribution in [-0.2, 0) is 14.9 Å². The summed E-state index contributed by atoms with van der Waals surface area (Å²) < 4.78 is 32.9. The number of rotatable bonds is 4. The number of halogens is 1. The van der Waals surface area contributed by atoms with Gasteiger partial charge in [-0.25, -0.2) is 9.52 Å². The molecule has 0 atom stereocenters. The molecule has 106 valence electrons. The average Bonchev–Trinajstić information content (AvgIpc) is 2.20. The van der Waals surface area contributed by atoms with Gasteiger partial charge < -0.3 is 4.74 Å². The van der Waals surface area contributed by atoms with E-state index in [1.54, 1.807) is 43.7 Å². The molecule has 1 rings (SSSR count). The number of carbonyl (C=O) groups excluding carboxylic acids is 1. The first-order valence-electron chi connectivity index (χ1n) is 5.47. The van der Waals surface area contributed by atoms with Crippen molar-refractivity contribution in [1.29, 1.82) is 0 Å². The minimum atomic E-state index is -4.01. The predicted molar refractivity (Wildman–Crippen MR) is 76.2 cm³/mol. The van der Waals surface area contributed by atoms with Crippen LogP contribution in [0.1, 0.15) is 19.4 Å². The maximum absolute atomic E-state index is 11.7. The standard InChI is InChI=1S/C11H15BrN2O4S/c1-7(2)18-11(15)14-19(16,17)13-10-6-9(12)5-4-8(10)3/h4-7,13H,1-3H3,(H,14,15). The van der Waals surface area contributed by atoms with Crippen LogP contribution >= 0.6 is 15.9 Å². The Balaban J connectivity index is 2.80. The van der Waals surface area contributed by atoms with E-state index >= 15 is 0 Å². The Bertz CT molecular complexity index is 572. The van der Waals surface area contributed by atoms with Crippen LogP contribution < -0.4 is 9.44 Å². The molecule has 0 aromatic heterocycles. The Hall–Kier alpha value is -1.28. The van der Waals surface area contributed by atoms with E-state index in [4.69, 9.17) is 4.74 Å². The van der Waals surface area contributed by atoms with Crippen molar-refractivity contribution in [2.75, 3.05) is 4.72 Å². The first kappa shape index (κ1) is 15.8. The van der Waals surface area contributed by atoms with Gasteiger partial charge in [-0.2, -0.15) is 8.42 Å². The van der Waals surface area contributed by atoms with Crippen LogP contribution in [0.5, 0.6) is 0 Å². The third-order valence-electron chi connectivity index (χ3n) is 2.00.